The van der Waals surface area contributed by atoms with E-state index in [1.807, 2.05) is 0 Å². The number of fused-ring (bicyclic) bond motifs is 1. The normalized spacial score (nSPS) is 12.8. The van der Waals surface area contributed by atoms with Crippen LogP contribution in [0, 0.1) is 0 Å². The third-order valence-corrected chi connectivity index (χ3v) is 6.41. The van der Waals surface area contributed by atoms with Crippen molar-refractivity contribution >= 4 is 43.5 Å². The zero-order chi connectivity index (χ0) is 24.4. The maximum absolute atomic E-state index is 13.0. The number of nitrogens with two attached hydrogens (primary N) is 1. The van der Waals surface area contributed by atoms with Crippen molar-refractivity contribution in [1.29, 1.82) is 0 Å². The molecule has 1 heterocycles. The number of primary sulfonamides is 1. The smallest absolute Gasteiger partial charge is 0.416 e. The zero-order valence-corrected chi connectivity index (χ0v) is 18.8. The van der Waals surface area contributed by atoms with Gasteiger partial charge in [0, 0.05) is 12.1 Å². The lowest BCUT2D eigenvalue weighted by molar-refractivity contribution is -0.143. The highest BCUT2D eigenvalue weighted by atomic mass is 32.2. The number of sulfonamides is 1. The van der Waals surface area contributed by atoms with E-state index in [4.69, 9.17) is 9.88 Å². The monoisotopic (exact) mass is 501 g/mol. The molecule has 2 N–H and O–H groups in total. The van der Waals surface area contributed by atoms with Crippen LogP contribution in [0.15, 0.2) is 52.4 Å². The number of alkyl halides is 3. The number of esters is 1. The number of nitrogens with zero attached hydrogens (tertiary/aromatic N) is 2. The fourth-order valence-electron chi connectivity index (χ4n) is 2.95. The molecule has 8 nitrogen and oxygen atoms in total. The summed E-state index contributed by atoms with van der Waals surface area (Å²) in [5.41, 5.74) is -0.801. The van der Waals surface area contributed by atoms with Crippen LogP contribution in [0.4, 0.5) is 13.2 Å². The molecular formula is C20H18F3N3O5S2. The molecule has 176 valence electrons. The highest BCUT2D eigenvalue weighted by Gasteiger charge is 2.30. The number of benzene rings is 2. The molecule has 0 atom stereocenters. The summed E-state index contributed by atoms with van der Waals surface area (Å²) in [5.74, 6) is -1.43. The number of ether oxygens (including phenoxy) is 1. The second kappa shape index (κ2) is 9.45. The van der Waals surface area contributed by atoms with Gasteiger partial charge >= 0.3 is 12.1 Å². The lowest BCUT2D eigenvalue weighted by Gasteiger charge is -2.07. The van der Waals surface area contributed by atoms with Crippen molar-refractivity contribution in [2.75, 3.05) is 6.61 Å². The van der Waals surface area contributed by atoms with Gasteiger partial charge < -0.3 is 9.30 Å². The van der Waals surface area contributed by atoms with E-state index in [9.17, 15) is 31.2 Å². The third kappa shape index (κ3) is 5.86. The Morgan fingerprint density at radius 2 is 1.91 bits per heavy atom. The van der Waals surface area contributed by atoms with Crippen molar-refractivity contribution in [2.45, 2.75) is 31.0 Å². The van der Waals surface area contributed by atoms with Crippen molar-refractivity contribution in [2.24, 2.45) is 10.1 Å². The van der Waals surface area contributed by atoms with Gasteiger partial charge in [0.1, 0.15) is 0 Å². The lowest BCUT2D eigenvalue weighted by atomic mass is 10.1. The summed E-state index contributed by atoms with van der Waals surface area (Å²) in [6.07, 6.45) is -4.70. The van der Waals surface area contributed by atoms with Crippen LogP contribution >= 0.6 is 11.3 Å². The summed E-state index contributed by atoms with van der Waals surface area (Å²) in [5, 5.41) is 5.17. The van der Waals surface area contributed by atoms with Crippen LogP contribution in [0.25, 0.3) is 10.2 Å². The summed E-state index contributed by atoms with van der Waals surface area (Å²) in [6.45, 7) is 1.87. The van der Waals surface area contributed by atoms with Gasteiger partial charge in [0.15, 0.2) is 4.80 Å². The average Bonchev–Trinajstić information content (AvgIpc) is 3.07. The highest BCUT2D eigenvalue weighted by Crippen LogP contribution is 2.29. The first-order chi connectivity index (χ1) is 15.4. The van der Waals surface area contributed by atoms with Gasteiger partial charge in [0.25, 0.3) is 5.91 Å². The molecular weight excluding hydrogens is 483 g/mol. The molecule has 0 spiro atoms. The maximum atomic E-state index is 13.0. The fraction of sp³-hybridized carbons (Fsp3) is 0.250. The minimum Gasteiger partial charge on any atom is -0.466 e. The van der Waals surface area contributed by atoms with Crippen LogP contribution < -0.4 is 9.94 Å². The first kappa shape index (κ1) is 24.6. The molecule has 1 amide bonds. The minimum absolute atomic E-state index is 0.0439. The zero-order valence-electron chi connectivity index (χ0n) is 17.1. The number of hydrogen-bond acceptors (Lipinski definition) is 6. The second-order valence-corrected chi connectivity index (χ2v) is 9.33. The van der Waals surface area contributed by atoms with Crippen LogP contribution in [0.5, 0.6) is 0 Å². The van der Waals surface area contributed by atoms with E-state index in [2.05, 4.69) is 4.99 Å². The summed E-state index contributed by atoms with van der Waals surface area (Å²) < 4.78 is 69.1. The molecule has 0 saturated carbocycles. The molecule has 0 radical (unpaired) electrons. The Bertz CT molecular complexity index is 1390. The first-order valence-electron chi connectivity index (χ1n) is 9.48. The number of aryl methyl sites for hydroxylation is 1. The predicted molar refractivity (Wildman–Crippen MR) is 114 cm³/mol. The van der Waals surface area contributed by atoms with Crippen molar-refractivity contribution in [3.8, 4) is 0 Å². The number of hydrogen-bond donors (Lipinski definition) is 1. The molecule has 2 aromatic carbocycles. The Labute approximate surface area is 190 Å². The van der Waals surface area contributed by atoms with Gasteiger partial charge in [-0.3, -0.25) is 9.59 Å². The van der Waals surface area contributed by atoms with Crippen LogP contribution in [-0.2, 0) is 32.3 Å². The molecule has 1 aromatic heterocycles. The summed E-state index contributed by atoms with van der Waals surface area (Å²) in [7, 11) is -4.00. The number of rotatable bonds is 6. The van der Waals surface area contributed by atoms with Gasteiger partial charge in [-0.25, -0.2) is 13.6 Å². The summed E-state index contributed by atoms with van der Waals surface area (Å²) >= 11 is 0.933. The van der Waals surface area contributed by atoms with Crippen molar-refractivity contribution < 1.29 is 35.9 Å². The van der Waals surface area contributed by atoms with E-state index in [1.165, 1.54) is 28.8 Å². The molecule has 0 bridgehead atoms. The Morgan fingerprint density at radius 3 is 2.55 bits per heavy atom. The van der Waals surface area contributed by atoms with E-state index in [1.54, 1.807) is 6.92 Å². The van der Waals surface area contributed by atoms with Crippen molar-refractivity contribution in [1.82, 2.24) is 4.57 Å². The van der Waals surface area contributed by atoms with Crippen molar-refractivity contribution in [3.63, 3.8) is 0 Å². The van der Waals surface area contributed by atoms with E-state index in [-0.39, 0.29) is 34.8 Å². The Kier molecular flexibility index (Phi) is 7.05. The topological polar surface area (TPSA) is 121 Å². The second-order valence-electron chi connectivity index (χ2n) is 6.76. The minimum atomic E-state index is -4.63. The first-order valence-corrected chi connectivity index (χ1v) is 11.8. The van der Waals surface area contributed by atoms with Crippen LogP contribution in [0.2, 0.25) is 0 Å². The van der Waals surface area contributed by atoms with E-state index < -0.39 is 33.6 Å². The van der Waals surface area contributed by atoms with Gasteiger partial charge in [-0.1, -0.05) is 17.4 Å². The Morgan fingerprint density at radius 1 is 1.18 bits per heavy atom. The largest absolute Gasteiger partial charge is 0.466 e. The Balaban J connectivity index is 2.11. The van der Waals surface area contributed by atoms with Gasteiger partial charge in [0.05, 0.1) is 33.7 Å². The molecule has 13 heteroatoms. The average molecular weight is 502 g/mol. The van der Waals surface area contributed by atoms with Crippen molar-refractivity contribution in [3.05, 3.63) is 58.4 Å². The Hall–Kier alpha value is -3.03. The standard InChI is InChI=1S/C20H18F3N3O5S2/c1-2-31-17(27)8-9-26-15-7-6-14(33(24,29)30)11-16(15)32-19(26)25-18(28)12-4-3-5-13(10-12)20(21,22)23/h3-7,10-11H,2,8-9H2,1H3,(H2,24,29,30). The van der Waals surface area contributed by atoms with Gasteiger partial charge in [-0.15, -0.1) is 0 Å². The quantitative estimate of drug-likeness (QED) is 0.521. The molecule has 0 unspecified atom stereocenters. The number of thiazole rings is 1. The van der Waals surface area contributed by atoms with Crippen LogP contribution in [-0.4, -0.2) is 31.5 Å². The highest BCUT2D eigenvalue weighted by molar-refractivity contribution is 7.89. The molecule has 0 saturated heterocycles. The molecule has 0 aliphatic carbocycles. The van der Waals surface area contributed by atoms with Crippen LogP contribution in [0.3, 0.4) is 0 Å². The summed E-state index contributed by atoms with van der Waals surface area (Å²) in [6, 6.07) is 7.85. The molecule has 0 aliphatic rings. The lowest BCUT2D eigenvalue weighted by Crippen LogP contribution is -2.19. The molecule has 3 aromatic rings. The SMILES string of the molecule is CCOC(=O)CCn1c(=NC(=O)c2cccc(C(F)(F)F)c2)sc2cc(S(N)(=O)=O)ccc21. The van der Waals surface area contributed by atoms with Gasteiger partial charge in [0.2, 0.25) is 10.0 Å². The molecule has 0 fully saturated rings. The molecule has 33 heavy (non-hydrogen) atoms. The van der Waals surface area contributed by atoms with E-state index >= 15 is 0 Å². The van der Waals surface area contributed by atoms with E-state index in [0.717, 1.165) is 23.5 Å². The maximum Gasteiger partial charge on any atom is 0.416 e. The number of carbonyl (C=O) groups is 2. The number of aromatic nitrogens is 1. The molecule has 3 rings (SSSR count). The van der Waals surface area contributed by atoms with Gasteiger partial charge in [-0.05, 0) is 43.3 Å². The number of amides is 1. The number of halogens is 3. The summed E-state index contributed by atoms with van der Waals surface area (Å²) in [4.78, 5) is 28.3. The number of carbonyl (C=O) groups excluding carboxylic acids is 2. The fourth-order valence-corrected chi connectivity index (χ4v) is 4.66. The van der Waals surface area contributed by atoms with E-state index in [0.29, 0.717) is 16.3 Å². The van der Waals surface area contributed by atoms with Crippen LogP contribution in [0.1, 0.15) is 29.3 Å². The molecule has 0 aliphatic heterocycles. The van der Waals surface area contributed by atoms with Gasteiger partial charge in [-0.2, -0.15) is 18.2 Å². The predicted octanol–water partition coefficient (Wildman–Crippen LogP) is 3.06. The third-order valence-electron chi connectivity index (χ3n) is 4.46.